The van der Waals surface area contributed by atoms with E-state index in [1.165, 1.54) is 0 Å². The largest absolute Gasteiger partial charge is 0.444 e. The molecular formula is C18H33FN6O5. The highest BCUT2D eigenvalue weighted by molar-refractivity contribution is 5.85. The van der Waals surface area contributed by atoms with E-state index < -0.39 is 22.8 Å². The third kappa shape index (κ3) is 10.2. The number of aliphatic imine (C=N–C) groups is 1. The van der Waals surface area contributed by atoms with Gasteiger partial charge in [0.15, 0.2) is 5.03 Å². The number of nitrogens with two attached hydrogens (primary N) is 1. The molecule has 2 amide bonds. The maximum Gasteiger partial charge on any atom is 0.408 e. The molecule has 0 unspecified atom stereocenters. The first kappa shape index (κ1) is 25.4. The van der Waals surface area contributed by atoms with Crippen LogP contribution in [0.25, 0.3) is 0 Å². The van der Waals surface area contributed by atoms with Crippen LogP contribution in [-0.2, 0) is 9.53 Å². The predicted molar refractivity (Wildman–Crippen MR) is 109 cm³/mol. The minimum Gasteiger partial charge on any atom is -0.444 e. The average Bonchev–Trinajstić information content (AvgIpc) is 2.62. The Bertz CT molecular complexity index is 617. The van der Waals surface area contributed by atoms with Crippen LogP contribution in [0.1, 0.15) is 52.9 Å². The van der Waals surface area contributed by atoms with Crippen molar-refractivity contribution >= 4 is 18.0 Å². The Kier molecular flexibility index (Phi) is 10.3. The summed E-state index contributed by atoms with van der Waals surface area (Å²) in [4.78, 5) is 40.9. The van der Waals surface area contributed by atoms with E-state index >= 15 is 0 Å². The number of amides is 2. The summed E-state index contributed by atoms with van der Waals surface area (Å²) in [5.74, 6) is -0.305. The van der Waals surface area contributed by atoms with E-state index in [0.29, 0.717) is 25.9 Å². The molecule has 0 aliphatic carbocycles. The minimum atomic E-state index is -0.822. The molecule has 1 aliphatic rings. The van der Waals surface area contributed by atoms with Crippen LogP contribution in [-0.4, -0.2) is 65.8 Å². The first-order chi connectivity index (χ1) is 14.0. The molecule has 12 heteroatoms. The number of alkyl halides is 1. The summed E-state index contributed by atoms with van der Waals surface area (Å²) in [6.45, 7) is 5.96. The molecule has 30 heavy (non-hydrogen) atoms. The van der Waals surface area contributed by atoms with Crippen LogP contribution in [0.4, 0.5) is 9.18 Å². The topological polar surface area (TPSA) is 152 Å². The summed E-state index contributed by atoms with van der Waals surface area (Å²) in [6, 6.07) is -0.822. The third-order valence-electron chi connectivity index (χ3n) is 4.57. The zero-order chi connectivity index (χ0) is 22.7. The van der Waals surface area contributed by atoms with Crippen molar-refractivity contribution in [3.63, 3.8) is 0 Å². The SMILES string of the molecule is CC(C)(C)OC(=O)N[C@@H](CCCN=C(N)N[N+](=O)[O-])C(=O)N1CCC(CCF)CC1. The van der Waals surface area contributed by atoms with Gasteiger partial charge in [0.2, 0.25) is 5.91 Å². The van der Waals surface area contributed by atoms with Gasteiger partial charge in [0.25, 0.3) is 5.96 Å². The molecule has 172 valence electrons. The Balaban J connectivity index is 2.68. The molecule has 4 N–H and O–H groups in total. The smallest absolute Gasteiger partial charge is 0.408 e. The average molecular weight is 432 g/mol. The fraction of sp³-hybridized carbons (Fsp3) is 0.833. The highest BCUT2D eigenvalue weighted by Gasteiger charge is 2.30. The number of carbonyl (C=O) groups excluding carboxylic acids is 2. The van der Waals surface area contributed by atoms with Crippen molar-refractivity contribution in [2.45, 2.75) is 64.5 Å². The number of carbonyl (C=O) groups is 2. The second kappa shape index (κ2) is 12.1. The lowest BCUT2D eigenvalue weighted by Crippen LogP contribution is -2.51. The number of guanidine groups is 1. The van der Waals surface area contributed by atoms with E-state index in [-0.39, 0.29) is 37.4 Å². The number of hydrazine groups is 1. The molecule has 0 saturated carbocycles. The molecule has 0 radical (unpaired) electrons. The van der Waals surface area contributed by atoms with Crippen molar-refractivity contribution in [2.24, 2.45) is 16.6 Å². The zero-order valence-corrected chi connectivity index (χ0v) is 17.9. The van der Waals surface area contributed by atoms with Crippen LogP contribution >= 0.6 is 0 Å². The number of alkyl carbamates (subject to hydrolysis) is 1. The molecule has 11 nitrogen and oxygen atoms in total. The Morgan fingerprint density at radius 1 is 1.37 bits per heavy atom. The van der Waals surface area contributed by atoms with Crippen LogP contribution in [0, 0.1) is 16.0 Å². The Morgan fingerprint density at radius 2 is 2.00 bits per heavy atom. The molecular weight excluding hydrogens is 399 g/mol. The van der Waals surface area contributed by atoms with Crippen molar-refractivity contribution in [1.82, 2.24) is 15.6 Å². The fourth-order valence-corrected chi connectivity index (χ4v) is 3.15. The molecule has 1 aliphatic heterocycles. The van der Waals surface area contributed by atoms with Gasteiger partial charge in [0.05, 0.1) is 6.67 Å². The van der Waals surface area contributed by atoms with Crippen LogP contribution in [0.2, 0.25) is 0 Å². The number of rotatable bonds is 9. The Hall–Kier alpha value is -2.66. The lowest BCUT2D eigenvalue weighted by Gasteiger charge is -2.34. The maximum absolute atomic E-state index is 13.0. The summed E-state index contributed by atoms with van der Waals surface area (Å²) >= 11 is 0. The molecule has 1 atom stereocenters. The minimum absolute atomic E-state index is 0.144. The van der Waals surface area contributed by atoms with Gasteiger partial charge in [-0.05, 0) is 58.8 Å². The second-order valence-electron chi connectivity index (χ2n) is 8.22. The summed E-state index contributed by atoms with van der Waals surface area (Å²) in [5.41, 5.74) is 6.38. The monoisotopic (exact) mass is 432 g/mol. The lowest BCUT2D eigenvalue weighted by molar-refractivity contribution is -0.525. The quantitative estimate of drug-likeness (QED) is 0.163. The lowest BCUT2D eigenvalue weighted by atomic mass is 9.93. The van der Waals surface area contributed by atoms with Gasteiger partial charge >= 0.3 is 6.09 Å². The highest BCUT2D eigenvalue weighted by atomic mass is 19.1. The van der Waals surface area contributed by atoms with Gasteiger partial charge in [0.1, 0.15) is 11.6 Å². The van der Waals surface area contributed by atoms with Crippen molar-refractivity contribution in [2.75, 3.05) is 26.3 Å². The van der Waals surface area contributed by atoms with Crippen molar-refractivity contribution in [3.05, 3.63) is 10.1 Å². The van der Waals surface area contributed by atoms with Crippen molar-refractivity contribution in [1.29, 1.82) is 0 Å². The molecule has 0 aromatic carbocycles. The van der Waals surface area contributed by atoms with Gasteiger partial charge in [-0.15, -0.1) is 0 Å². The number of piperidine rings is 1. The number of hydrogen-bond donors (Lipinski definition) is 3. The van der Waals surface area contributed by atoms with E-state index in [9.17, 15) is 24.1 Å². The van der Waals surface area contributed by atoms with Crippen molar-refractivity contribution in [3.8, 4) is 0 Å². The van der Waals surface area contributed by atoms with E-state index in [1.807, 2.05) is 0 Å². The van der Waals surface area contributed by atoms with Crippen LogP contribution in [0.3, 0.4) is 0 Å². The van der Waals surface area contributed by atoms with Gasteiger partial charge < -0.3 is 20.7 Å². The highest BCUT2D eigenvalue weighted by Crippen LogP contribution is 2.21. The first-order valence-corrected chi connectivity index (χ1v) is 10.1. The maximum atomic E-state index is 13.0. The van der Waals surface area contributed by atoms with Gasteiger partial charge in [-0.25, -0.2) is 19.9 Å². The molecule has 0 spiro atoms. The summed E-state index contributed by atoms with van der Waals surface area (Å²) in [7, 11) is 0. The normalized spacial score (nSPS) is 16.7. The van der Waals surface area contributed by atoms with Crippen LogP contribution < -0.4 is 16.5 Å². The third-order valence-corrected chi connectivity index (χ3v) is 4.57. The zero-order valence-electron chi connectivity index (χ0n) is 17.9. The first-order valence-electron chi connectivity index (χ1n) is 10.1. The standard InChI is InChI=1S/C18H33FN6O5/c1-18(2,3)30-17(27)22-14(5-4-10-21-16(20)23-25(28)29)15(26)24-11-7-13(6-9-19)8-12-24/h13-14H,4-12H2,1-3H3,(H,22,27)(H3,20,21,23)/t14-/m0/s1. The summed E-state index contributed by atoms with van der Waals surface area (Å²) in [6.07, 6.45) is 1.87. The van der Waals surface area contributed by atoms with E-state index in [0.717, 1.165) is 12.8 Å². The number of nitro groups is 1. The molecule has 1 heterocycles. The molecule has 1 rings (SSSR count). The van der Waals surface area contributed by atoms with Gasteiger partial charge in [0, 0.05) is 19.6 Å². The Labute approximate surface area is 175 Å². The summed E-state index contributed by atoms with van der Waals surface area (Å²) in [5, 5.41) is 12.1. The molecule has 1 saturated heterocycles. The van der Waals surface area contributed by atoms with Crippen LogP contribution in [0.5, 0.6) is 0 Å². The fourth-order valence-electron chi connectivity index (χ4n) is 3.15. The number of likely N-dealkylation sites (tertiary alicyclic amines) is 1. The van der Waals surface area contributed by atoms with Gasteiger partial charge in [-0.1, -0.05) is 5.43 Å². The van der Waals surface area contributed by atoms with Gasteiger partial charge in [-0.3, -0.25) is 9.18 Å². The van der Waals surface area contributed by atoms with E-state index in [2.05, 4.69) is 10.3 Å². The van der Waals surface area contributed by atoms with Gasteiger partial charge in [-0.2, -0.15) is 0 Å². The number of halogens is 1. The molecule has 0 aromatic heterocycles. The van der Waals surface area contributed by atoms with E-state index in [4.69, 9.17) is 10.5 Å². The Morgan fingerprint density at radius 3 is 2.53 bits per heavy atom. The van der Waals surface area contributed by atoms with Crippen LogP contribution in [0.15, 0.2) is 4.99 Å². The second-order valence-corrected chi connectivity index (χ2v) is 8.22. The predicted octanol–water partition coefficient (Wildman–Crippen LogP) is 1.35. The summed E-state index contributed by atoms with van der Waals surface area (Å²) < 4.78 is 17.8. The molecule has 0 aromatic rings. The van der Waals surface area contributed by atoms with E-state index in [1.54, 1.807) is 31.1 Å². The number of nitrogens with zero attached hydrogens (tertiary/aromatic N) is 3. The number of nitrogens with one attached hydrogen (secondary N) is 2. The number of ether oxygens (including phenoxy) is 1. The molecule has 1 fully saturated rings. The van der Waals surface area contributed by atoms with Crippen molar-refractivity contribution < 1.29 is 23.7 Å². The molecule has 0 bridgehead atoms. The number of hydrogen-bond acceptors (Lipinski definition) is 6.